The Balaban J connectivity index is 1.91. The number of hydrogen-bond acceptors (Lipinski definition) is 5. The smallest absolute Gasteiger partial charge is 0.220 e. The van der Waals surface area contributed by atoms with Gasteiger partial charge in [0.1, 0.15) is 11.9 Å². The maximum absolute atomic E-state index is 6.09. The molecule has 1 unspecified atom stereocenters. The molecule has 1 saturated carbocycles. The van der Waals surface area contributed by atoms with Gasteiger partial charge in [-0.25, -0.2) is 4.98 Å². The van der Waals surface area contributed by atoms with Crippen LogP contribution in [0.3, 0.4) is 0 Å². The molecule has 0 radical (unpaired) electrons. The molecule has 0 bridgehead atoms. The number of nitrogens with two attached hydrogens (primary N) is 1. The Kier molecular flexibility index (Phi) is 4.17. The lowest BCUT2D eigenvalue weighted by atomic mass is 10.1. The van der Waals surface area contributed by atoms with E-state index in [2.05, 4.69) is 11.9 Å². The van der Waals surface area contributed by atoms with Crippen molar-refractivity contribution in [3.63, 3.8) is 0 Å². The van der Waals surface area contributed by atoms with Crippen LogP contribution < -0.4 is 10.5 Å². The largest absolute Gasteiger partial charge is 0.472 e. The molecule has 20 heavy (non-hydrogen) atoms. The van der Waals surface area contributed by atoms with E-state index in [0.29, 0.717) is 19.1 Å². The highest BCUT2D eigenvalue weighted by atomic mass is 16.5. The molecule has 0 spiro atoms. The summed E-state index contributed by atoms with van der Waals surface area (Å²) in [7, 11) is 0. The molecule has 2 aliphatic rings. The summed E-state index contributed by atoms with van der Waals surface area (Å²) in [4.78, 5) is 9.41. The van der Waals surface area contributed by atoms with E-state index >= 15 is 0 Å². The highest BCUT2D eigenvalue weighted by molar-refractivity contribution is 5.33. The van der Waals surface area contributed by atoms with Crippen molar-refractivity contribution < 1.29 is 9.47 Å². The number of aromatic nitrogens is 2. The first kappa shape index (κ1) is 13.8. The summed E-state index contributed by atoms with van der Waals surface area (Å²) in [6, 6.07) is 0. The Bertz CT molecular complexity index is 468. The number of aryl methyl sites for hydroxylation is 1. The minimum Gasteiger partial charge on any atom is -0.472 e. The molecule has 2 N–H and O–H groups in total. The van der Waals surface area contributed by atoms with Crippen LogP contribution in [0, 0.1) is 0 Å². The van der Waals surface area contributed by atoms with Gasteiger partial charge in [0.25, 0.3) is 0 Å². The zero-order valence-corrected chi connectivity index (χ0v) is 12.1. The summed E-state index contributed by atoms with van der Waals surface area (Å²) < 4.78 is 11.5. The second kappa shape index (κ2) is 6.06. The average Bonchev–Trinajstić information content (AvgIpc) is 3.19. The van der Waals surface area contributed by atoms with Gasteiger partial charge in [-0.05, 0) is 32.2 Å². The maximum Gasteiger partial charge on any atom is 0.220 e. The minimum absolute atomic E-state index is 0.123. The van der Waals surface area contributed by atoms with Crippen LogP contribution in [0.5, 0.6) is 5.88 Å². The molecule has 5 heteroatoms. The number of nitrogens with zero attached hydrogens (tertiary/aromatic N) is 2. The van der Waals surface area contributed by atoms with Crippen molar-refractivity contribution in [3.05, 3.63) is 17.1 Å². The third-order valence-corrected chi connectivity index (χ3v) is 3.91. The molecule has 5 nitrogen and oxygen atoms in total. The molecule has 1 aromatic heterocycles. The third kappa shape index (κ3) is 2.94. The van der Waals surface area contributed by atoms with E-state index in [9.17, 15) is 0 Å². The SMILES string of the molecule is CCc1nc(C2CC2)nc(OC2CCOC2)c1CCN. The van der Waals surface area contributed by atoms with Gasteiger partial charge in [-0.15, -0.1) is 0 Å². The Morgan fingerprint density at radius 3 is 2.75 bits per heavy atom. The third-order valence-electron chi connectivity index (χ3n) is 3.91. The van der Waals surface area contributed by atoms with Gasteiger partial charge in [-0.1, -0.05) is 6.92 Å². The van der Waals surface area contributed by atoms with Crippen LogP contribution in [-0.4, -0.2) is 35.8 Å². The van der Waals surface area contributed by atoms with Crippen molar-refractivity contribution in [3.8, 4) is 5.88 Å². The first-order chi connectivity index (χ1) is 9.81. The molecule has 2 fully saturated rings. The van der Waals surface area contributed by atoms with Gasteiger partial charge in [-0.2, -0.15) is 4.98 Å². The minimum atomic E-state index is 0.123. The summed E-state index contributed by atoms with van der Waals surface area (Å²) in [5.74, 6) is 2.24. The number of hydrogen-bond donors (Lipinski definition) is 1. The van der Waals surface area contributed by atoms with Crippen LogP contribution in [0.1, 0.15) is 49.2 Å². The topological polar surface area (TPSA) is 70.3 Å². The van der Waals surface area contributed by atoms with Gasteiger partial charge in [0.2, 0.25) is 5.88 Å². The van der Waals surface area contributed by atoms with E-state index in [1.165, 1.54) is 12.8 Å². The summed E-state index contributed by atoms with van der Waals surface area (Å²) in [6.07, 6.45) is 5.13. The molecule has 2 heterocycles. The maximum atomic E-state index is 6.09. The summed E-state index contributed by atoms with van der Waals surface area (Å²) in [5.41, 5.74) is 7.92. The molecule has 1 aliphatic carbocycles. The van der Waals surface area contributed by atoms with Crippen molar-refractivity contribution >= 4 is 0 Å². The highest BCUT2D eigenvalue weighted by Crippen LogP contribution is 2.39. The first-order valence-electron chi connectivity index (χ1n) is 7.66. The van der Waals surface area contributed by atoms with Gasteiger partial charge in [-0.3, -0.25) is 0 Å². The van der Waals surface area contributed by atoms with Crippen molar-refractivity contribution in [1.82, 2.24) is 9.97 Å². The van der Waals surface area contributed by atoms with Crippen molar-refractivity contribution in [2.24, 2.45) is 5.73 Å². The molecule has 0 amide bonds. The van der Waals surface area contributed by atoms with Gasteiger partial charge < -0.3 is 15.2 Å². The lowest BCUT2D eigenvalue weighted by Crippen LogP contribution is -2.20. The summed E-state index contributed by atoms with van der Waals surface area (Å²) in [6.45, 7) is 4.16. The average molecular weight is 277 g/mol. The quantitative estimate of drug-likeness (QED) is 0.855. The Morgan fingerprint density at radius 2 is 2.15 bits per heavy atom. The van der Waals surface area contributed by atoms with Crippen LogP contribution in [0.4, 0.5) is 0 Å². The molecule has 110 valence electrons. The summed E-state index contributed by atoms with van der Waals surface area (Å²) in [5, 5.41) is 0. The lowest BCUT2D eigenvalue weighted by Gasteiger charge is -2.17. The van der Waals surface area contributed by atoms with Crippen molar-refractivity contribution in [2.75, 3.05) is 19.8 Å². The first-order valence-corrected chi connectivity index (χ1v) is 7.66. The van der Waals surface area contributed by atoms with Crippen LogP contribution in [0.2, 0.25) is 0 Å². The fourth-order valence-corrected chi connectivity index (χ4v) is 2.60. The van der Waals surface area contributed by atoms with E-state index < -0.39 is 0 Å². The Morgan fingerprint density at radius 1 is 1.30 bits per heavy atom. The van der Waals surface area contributed by atoms with E-state index in [1.807, 2.05) is 0 Å². The molecular weight excluding hydrogens is 254 g/mol. The molecular formula is C15H23N3O2. The van der Waals surface area contributed by atoms with Gasteiger partial charge >= 0.3 is 0 Å². The predicted octanol–water partition coefficient (Wildman–Crippen LogP) is 1.59. The molecule has 1 aliphatic heterocycles. The van der Waals surface area contributed by atoms with Crippen LogP contribution >= 0.6 is 0 Å². The van der Waals surface area contributed by atoms with Gasteiger partial charge in [0.15, 0.2) is 0 Å². The second-order valence-corrected chi connectivity index (χ2v) is 5.58. The molecule has 0 aromatic carbocycles. The van der Waals surface area contributed by atoms with E-state index in [4.69, 9.17) is 20.2 Å². The Hall–Kier alpha value is -1.20. The normalized spacial score (nSPS) is 22.2. The van der Waals surface area contributed by atoms with Crippen molar-refractivity contribution in [1.29, 1.82) is 0 Å². The van der Waals surface area contributed by atoms with E-state index in [0.717, 1.165) is 48.8 Å². The van der Waals surface area contributed by atoms with Crippen molar-refractivity contribution in [2.45, 2.75) is 51.0 Å². The summed E-state index contributed by atoms with van der Waals surface area (Å²) >= 11 is 0. The van der Waals surface area contributed by atoms with Crippen LogP contribution in [-0.2, 0) is 17.6 Å². The zero-order chi connectivity index (χ0) is 13.9. The molecule has 1 aromatic rings. The van der Waals surface area contributed by atoms with Gasteiger partial charge in [0.05, 0.1) is 18.9 Å². The molecule has 1 saturated heterocycles. The standard InChI is InChI=1S/C15H23N3O2/c1-2-13-12(5-7-16)15(20-11-6-8-19-9-11)18-14(17-13)10-3-4-10/h10-11H,2-9,16H2,1H3. The lowest BCUT2D eigenvalue weighted by molar-refractivity contribution is 0.136. The monoisotopic (exact) mass is 277 g/mol. The fourth-order valence-electron chi connectivity index (χ4n) is 2.60. The van der Waals surface area contributed by atoms with Crippen LogP contribution in [0.15, 0.2) is 0 Å². The second-order valence-electron chi connectivity index (χ2n) is 5.58. The zero-order valence-electron chi connectivity index (χ0n) is 12.1. The molecule has 1 atom stereocenters. The highest BCUT2D eigenvalue weighted by Gasteiger charge is 2.29. The molecule has 3 rings (SSSR count). The van der Waals surface area contributed by atoms with E-state index in [1.54, 1.807) is 0 Å². The van der Waals surface area contributed by atoms with Gasteiger partial charge in [0, 0.05) is 17.9 Å². The fraction of sp³-hybridized carbons (Fsp3) is 0.733. The van der Waals surface area contributed by atoms with Crippen LogP contribution in [0.25, 0.3) is 0 Å². The Labute approximate surface area is 119 Å². The van der Waals surface area contributed by atoms with E-state index in [-0.39, 0.29) is 6.10 Å². The number of ether oxygens (including phenoxy) is 2. The number of rotatable bonds is 6. The predicted molar refractivity (Wildman–Crippen MR) is 76.0 cm³/mol.